The summed E-state index contributed by atoms with van der Waals surface area (Å²) in [5.74, 6) is -1.49. The predicted molar refractivity (Wildman–Crippen MR) is 78.9 cm³/mol. The monoisotopic (exact) mass is 279 g/mol. The van der Waals surface area contributed by atoms with Crippen LogP contribution in [0.5, 0.6) is 0 Å². The van der Waals surface area contributed by atoms with Crippen molar-refractivity contribution < 1.29 is 14.3 Å². The Balaban J connectivity index is 2.82. The van der Waals surface area contributed by atoms with Crippen molar-refractivity contribution in [1.29, 1.82) is 0 Å². The Morgan fingerprint density at radius 3 is 2.80 bits per heavy atom. The molecule has 0 fully saturated rings. The second-order valence-electron chi connectivity index (χ2n) is 5.08. The van der Waals surface area contributed by atoms with Crippen LogP contribution in [0.1, 0.15) is 37.8 Å². The Hall–Kier alpha value is -1.68. The number of aliphatic carboxylic acids is 1. The van der Waals surface area contributed by atoms with Crippen LogP contribution in [0, 0.1) is 5.82 Å². The van der Waals surface area contributed by atoms with Gasteiger partial charge in [-0.3, -0.25) is 4.90 Å². The highest BCUT2D eigenvalue weighted by atomic mass is 19.1. The van der Waals surface area contributed by atoms with Gasteiger partial charge in [-0.25, -0.2) is 9.18 Å². The zero-order valence-electron chi connectivity index (χ0n) is 12.3. The molecule has 0 bridgehead atoms. The first-order chi connectivity index (χ1) is 9.43. The van der Waals surface area contributed by atoms with Crippen molar-refractivity contribution in [3.63, 3.8) is 0 Å². The van der Waals surface area contributed by atoms with Crippen LogP contribution in [-0.2, 0) is 11.3 Å². The van der Waals surface area contributed by atoms with E-state index in [0.717, 1.165) is 31.0 Å². The molecule has 0 saturated heterocycles. The summed E-state index contributed by atoms with van der Waals surface area (Å²) in [6.07, 6.45) is 4.48. The molecule has 1 aromatic carbocycles. The van der Waals surface area contributed by atoms with Crippen LogP contribution in [0.2, 0.25) is 0 Å². The highest BCUT2D eigenvalue weighted by Crippen LogP contribution is 2.15. The molecule has 1 atom stereocenters. The number of nitrogens with zero attached hydrogens (tertiary/aromatic N) is 1. The molecule has 110 valence electrons. The number of hydrogen-bond acceptors (Lipinski definition) is 2. The predicted octanol–water partition coefficient (Wildman–Crippen LogP) is 3.54. The molecule has 0 aromatic heterocycles. The third-order valence-electron chi connectivity index (χ3n) is 3.36. The molecule has 0 spiro atoms. The molecule has 0 amide bonds. The van der Waals surface area contributed by atoms with Crippen molar-refractivity contribution in [2.24, 2.45) is 0 Å². The van der Waals surface area contributed by atoms with Gasteiger partial charge >= 0.3 is 5.97 Å². The number of rotatable bonds is 7. The van der Waals surface area contributed by atoms with E-state index in [1.165, 1.54) is 12.1 Å². The van der Waals surface area contributed by atoms with Gasteiger partial charge in [0.25, 0.3) is 0 Å². The fourth-order valence-corrected chi connectivity index (χ4v) is 2.06. The van der Waals surface area contributed by atoms with Crippen LogP contribution in [0.3, 0.4) is 0 Å². The highest BCUT2D eigenvalue weighted by Gasteiger charge is 2.09. The molecule has 0 radical (unpaired) electrons. The summed E-state index contributed by atoms with van der Waals surface area (Å²) in [6.45, 7) is 5.03. The smallest absolute Gasteiger partial charge is 0.328 e. The quantitative estimate of drug-likeness (QED) is 0.776. The van der Waals surface area contributed by atoms with Gasteiger partial charge in [-0.2, -0.15) is 0 Å². The Labute approximate surface area is 119 Å². The lowest BCUT2D eigenvalue weighted by Gasteiger charge is -2.24. The lowest BCUT2D eigenvalue weighted by Crippen LogP contribution is -2.28. The van der Waals surface area contributed by atoms with Crippen LogP contribution in [0.4, 0.5) is 4.39 Å². The average molecular weight is 279 g/mol. The molecular formula is C16H22FNO2. The van der Waals surface area contributed by atoms with E-state index in [2.05, 4.69) is 18.7 Å². The summed E-state index contributed by atoms with van der Waals surface area (Å²) in [7, 11) is 2.04. The maximum absolute atomic E-state index is 13.6. The van der Waals surface area contributed by atoms with Gasteiger partial charge < -0.3 is 5.11 Å². The first-order valence-corrected chi connectivity index (χ1v) is 6.83. The Morgan fingerprint density at radius 1 is 1.50 bits per heavy atom. The van der Waals surface area contributed by atoms with Gasteiger partial charge in [0.2, 0.25) is 0 Å². The second-order valence-corrected chi connectivity index (χ2v) is 5.08. The minimum atomic E-state index is -1.08. The molecule has 4 heteroatoms. The minimum Gasteiger partial charge on any atom is -0.478 e. The molecule has 1 rings (SSSR count). The lowest BCUT2D eigenvalue weighted by atomic mass is 10.1. The number of carboxylic acids is 1. The summed E-state index contributed by atoms with van der Waals surface area (Å²) < 4.78 is 13.6. The number of hydrogen-bond donors (Lipinski definition) is 1. The molecule has 20 heavy (non-hydrogen) atoms. The third-order valence-corrected chi connectivity index (χ3v) is 3.36. The molecule has 1 N–H and O–H groups in total. The summed E-state index contributed by atoms with van der Waals surface area (Å²) >= 11 is 0. The Bertz CT molecular complexity index is 485. The van der Waals surface area contributed by atoms with Crippen LogP contribution in [0.15, 0.2) is 24.3 Å². The van der Waals surface area contributed by atoms with Crippen molar-refractivity contribution in [1.82, 2.24) is 4.90 Å². The third kappa shape index (κ3) is 5.13. The van der Waals surface area contributed by atoms with Gasteiger partial charge in [0, 0.05) is 24.2 Å². The van der Waals surface area contributed by atoms with Crippen LogP contribution < -0.4 is 0 Å². The summed E-state index contributed by atoms with van der Waals surface area (Å²) in [5, 5.41) is 8.59. The fraction of sp³-hybridized carbons (Fsp3) is 0.438. The van der Waals surface area contributed by atoms with Gasteiger partial charge in [-0.15, -0.1) is 0 Å². The normalized spacial score (nSPS) is 13.1. The minimum absolute atomic E-state index is 0.307. The largest absolute Gasteiger partial charge is 0.478 e. The standard InChI is InChI=1S/C16H22FNO2/c1-4-5-12(2)18(3)11-13-6-8-15(17)14(10-13)7-9-16(19)20/h6-10,12H,4-5,11H2,1-3H3,(H,19,20). The first-order valence-electron chi connectivity index (χ1n) is 6.83. The van der Waals surface area contributed by atoms with Gasteiger partial charge in [0.15, 0.2) is 0 Å². The van der Waals surface area contributed by atoms with Crippen LogP contribution in [0.25, 0.3) is 6.08 Å². The molecule has 1 aromatic rings. The maximum atomic E-state index is 13.6. The van der Waals surface area contributed by atoms with Crippen molar-refractivity contribution >= 4 is 12.0 Å². The summed E-state index contributed by atoms with van der Waals surface area (Å²) in [4.78, 5) is 12.7. The van der Waals surface area contributed by atoms with Gasteiger partial charge in [-0.05, 0) is 44.2 Å². The van der Waals surface area contributed by atoms with E-state index >= 15 is 0 Å². The zero-order chi connectivity index (χ0) is 15.1. The molecule has 0 saturated carbocycles. The number of halogens is 1. The molecule has 0 heterocycles. The van der Waals surface area contributed by atoms with E-state index < -0.39 is 11.8 Å². The number of benzene rings is 1. The molecule has 0 aliphatic heterocycles. The van der Waals surface area contributed by atoms with Gasteiger partial charge in [0.05, 0.1) is 0 Å². The highest BCUT2D eigenvalue weighted by molar-refractivity contribution is 5.85. The van der Waals surface area contributed by atoms with E-state index in [0.29, 0.717) is 11.6 Å². The van der Waals surface area contributed by atoms with Crippen molar-refractivity contribution in [2.75, 3.05) is 7.05 Å². The Morgan fingerprint density at radius 2 is 2.20 bits per heavy atom. The van der Waals surface area contributed by atoms with Crippen molar-refractivity contribution in [3.05, 3.63) is 41.2 Å². The van der Waals surface area contributed by atoms with E-state index in [9.17, 15) is 9.18 Å². The summed E-state index contributed by atoms with van der Waals surface area (Å²) in [6, 6.07) is 5.28. The first kappa shape index (κ1) is 16.4. The topological polar surface area (TPSA) is 40.5 Å². The van der Waals surface area contributed by atoms with Crippen LogP contribution in [-0.4, -0.2) is 29.1 Å². The molecule has 1 unspecified atom stereocenters. The Kier molecular flexibility index (Phi) is 6.39. The maximum Gasteiger partial charge on any atom is 0.328 e. The van der Waals surface area contributed by atoms with E-state index in [4.69, 9.17) is 5.11 Å². The second kappa shape index (κ2) is 7.80. The van der Waals surface area contributed by atoms with E-state index in [-0.39, 0.29) is 0 Å². The van der Waals surface area contributed by atoms with E-state index in [1.807, 2.05) is 7.05 Å². The van der Waals surface area contributed by atoms with Crippen LogP contribution >= 0.6 is 0 Å². The molecule has 3 nitrogen and oxygen atoms in total. The zero-order valence-corrected chi connectivity index (χ0v) is 12.3. The SMILES string of the molecule is CCCC(C)N(C)Cc1ccc(F)c(C=CC(=O)O)c1. The van der Waals surface area contributed by atoms with Crippen molar-refractivity contribution in [3.8, 4) is 0 Å². The number of carboxylic acid groups (broad SMARTS) is 1. The van der Waals surface area contributed by atoms with E-state index in [1.54, 1.807) is 12.1 Å². The molecule has 0 aliphatic rings. The molecule has 0 aliphatic carbocycles. The summed E-state index contributed by atoms with van der Waals surface area (Å²) in [5.41, 5.74) is 1.28. The number of carbonyl (C=O) groups is 1. The van der Waals surface area contributed by atoms with Gasteiger partial charge in [-0.1, -0.05) is 19.4 Å². The fourth-order valence-electron chi connectivity index (χ4n) is 2.06. The molecular weight excluding hydrogens is 257 g/mol. The lowest BCUT2D eigenvalue weighted by molar-refractivity contribution is -0.131. The van der Waals surface area contributed by atoms with Crippen molar-refractivity contribution in [2.45, 2.75) is 39.3 Å². The van der Waals surface area contributed by atoms with Gasteiger partial charge in [0.1, 0.15) is 5.82 Å². The average Bonchev–Trinajstić information content (AvgIpc) is 2.39.